The van der Waals surface area contributed by atoms with Crippen molar-refractivity contribution in [1.29, 1.82) is 0 Å². The summed E-state index contributed by atoms with van der Waals surface area (Å²) < 4.78 is 0. The summed E-state index contributed by atoms with van der Waals surface area (Å²) in [4.78, 5) is 15.1. The van der Waals surface area contributed by atoms with Crippen LogP contribution in [-0.2, 0) is 4.79 Å². The number of rotatable bonds is 3. The summed E-state index contributed by atoms with van der Waals surface area (Å²) in [6.07, 6.45) is 0. The van der Waals surface area contributed by atoms with Gasteiger partial charge in [0.15, 0.2) is 0 Å². The van der Waals surface area contributed by atoms with Crippen LogP contribution < -0.4 is 5.32 Å². The van der Waals surface area contributed by atoms with Crippen molar-refractivity contribution in [2.24, 2.45) is 0 Å². The van der Waals surface area contributed by atoms with Gasteiger partial charge in [-0.2, -0.15) is 0 Å². The zero-order chi connectivity index (χ0) is 12.1. The first-order chi connectivity index (χ1) is 8.25. The van der Waals surface area contributed by atoms with Gasteiger partial charge in [0, 0.05) is 30.6 Å². The van der Waals surface area contributed by atoms with Crippen LogP contribution in [0.25, 0.3) is 0 Å². The van der Waals surface area contributed by atoms with Gasteiger partial charge in [0.25, 0.3) is 0 Å². The molecule has 1 saturated heterocycles. The first kappa shape index (κ1) is 12.5. The van der Waals surface area contributed by atoms with E-state index in [0.717, 1.165) is 24.5 Å². The number of amides is 1. The smallest absolute Gasteiger partial charge is 0.233 e. The molecule has 1 aliphatic heterocycles. The monoisotopic (exact) mass is 250 g/mol. The van der Waals surface area contributed by atoms with Crippen LogP contribution >= 0.6 is 11.8 Å². The van der Waals surface area contributed by atoms with Gasteiger partial charge in [-0.3, -0.25) is 4.79 Å². The van der Waals surface area contributed by atoms with Crippen LogP contribution in [0.3, 0.4) is 0 Å². The fourth-order valence-corrected chi connectivity index (χ4v) is 2.73. The number of hydrogen-bond acceptors (Lipinski definition) is 3. The molecule has 0 aliphatic carbocycles. The lowest BCUT2D eigenvalue weighted by molar-refractivity contribution is -0.129. The summed E-state index contributed by atoms with van der Waals surface area (Å²) in [6, 6.07) is 10.5. The number of carbonyl (C=O) groups excluding carboxylic acids is 1. The molecule has 1 aromatic carbocycles. The van der Waals surface area contributed by atoms with Crippen molar-refractivity contribution in [1.82, 2.24) is 10.2 Å². The predicted molar refractivity (Wildman–Crippen MR) is 71.2 cm³/mol. The molecular formula is C13H18N2OS. The standard InChI is InChI=1S/C13H18N2OS/c1-11-9-15(8-7-14-11)13(16)10-17-12-5-3-2-4-6-12/h2-6,11,14H,7-10H2,1H3/t11-/m0/s1. The van der Waals surface area contributed by atoms with Gasteiger partial charge < -0.3 is 10.2 Å². The van der Waals surface area contributed by atoms with Crippen molar-refractivity contribution in [2.45, 2.75) is 17.9 Å². The maximum atomic E-state index is 12.0. The fraction of sp³-hybridized carbons (Fsp3) is 0.462. The van der Waals surface area contributed by atoms with Crippen molar-refractivity contribution in [3.63, 3.8) is 0 Å². The lowest BCUT2D eigenvalue weighted by Gasteiger charge is -2.31. The second-order valence-electron chi connectivity index (χ2n) is 4.30. The van der Waals surface area contributed by atoms with E-state index in [2.05, 4.69) is 12.2 Å². The highest BCUT2D eigenvalue weighted by atomic mass is 32.2. The van der Waals surface area contributed by atoms with E-state index < -0.39 is 0 Å². The lowest BCUT2D eigenvalue weighted by atomic mass is 10.2. The number of hydrogen-bond donors (Lipinski definition) is 1. The Morgan fingerprint density at radius 1 is 1.47 bits per heavy atom. The minimum absolute atomic E-state index is 0.243. The van der Waals surface area contributed by atoms with Crippen molar-refractivity contribution in [3.8, 4) is 0 Å². The molecular weight excluding hydrogens is 232 g/mol. The van der Waals surface area contributed by atoms with E-state index in [1.807, 2.05) is 35.2 Å². The van der Waals surface area contributed by atoms with E-state index in [1.54, 1.807) is 11.8 Å². The Bertz CT molecular complexity index is 369. The van der Waals surface area contributed by atoms with Crippen LogP contribution in [0.1, 0.15) is 6.92 Å². The lowest BCUT2D eigenvalue weighted by Crippen LogP contribution is -2.51. The van der Waals surface area contributed by atoms with Crippen LogP contribution in [0, 0.1) is 0 Å². The number of piperazine rings is 1. The average Bonchev–Trinajstić information content (AvgIpc) is 2.37. The molecule has 0 saturated carbocycles. The average molecular weight is 250 g/mol. The van der Waals surface area contributed by atoms with E-state index in [9.17, 15) is 4.79 Å². The van der Waals surface area contributed by atoms with Gasteiger partial charge in [-0.25, -0.2) is 0 Å². The number of nitrogens with zero attached hydrogens (tertiary/aromatic N) is 1. The number of thioether (sulfide) groups is 1. The Hall–Kier alpha value is -1.00. The Balaban J connectivity index is 1.81. The molecule has 1 aromatic rings. The van der Waals surface area contributed by atoms with Gasteiger partial charge in [0.05, 0.1) is 5.75 Å². The number of nitrogens with one attached hydrogen (secondary N) is 1. The normalized spacial score (nSPS) is 20.3. The summed E-state index contributed by atoms with van der Waals surface area (Å²) >= 11 is 1.61. The molecule has 92 valence electrons. The molecule has 17 heavy (non-hydrogen) atoms. The number of carbonyl (C=O) groups is 1. The van der Waals surface area contributed by atoms with E-state index in [1.165, 1.54) is 0 Å². The molecule has 3 nitrogen and oxygen atoms in total. The summed E-state index contributed by atoms with van der Waals surface area (Å²) in [5, 5.41) is 3.34. The zero-order valence-corrected chi connectivity index (χ0v) is 10.9. The minimum Gasteiger partial charge on any atom is -0.339 e. The van der Waals surface area contributed by atoms with Gasteiger partial charge in [-0.1, -0.05) is 18.2 Å². The van der Waals surface area contributed by atoms with E-state index in [-0.39, 0.29) is 5.91 Å². The van der Waals surface area contributed by atoms with Gasteiger partial charge in [-0.05, 0) is 19.1 Å². The molecule has 0 radical (unpaired) electrons. The Labute approximate surface area is 107 Å². The zero-order valence-electron chi connectivity index (χ0n) is 10.1. The van der Waals surface area contributed by atoms with E-state index in [4.69, 9.17) is 0 Å². The highest BCUT2D eigenvalue weighted by Gasteiger charge is 2.19. The Morgan fingerprint density at radius 3 is 2.94 bits per heavy atom. The quantitative estimate of drug-likeness (QED) is 0.827. The molecule has 1 amide bonds. The second kappa shape index (κ2) is 6.07. The van der Waals surface area contributed by atoms with Crippen LogP contribution in [0.15, 0.2) is 35.2 Å². The molecule has 0 bridgehead atoms. The molecule has 1 heterocycles. The maximum absolute atomic E-state index is 12.0. The third-order valence-electron chi connectivity index (χ3n) is 2.83. The third kappa shape index (κ3) is 3.75. The summed E-state index contributed by atoms with van der Waals surface area (Å²) in [7, 11) is 0. The van der Waals surface area contributed by atoms with Gasteiger partial charge in [0.1, 0.15) is 0 Å². The fourth-order valence-electron chi connectivity index (χ4n) is 1.91. The molecule has 2 rings (SSSR count). The van der Waals surface area contributed by atoms with E-state index in [0.29, 0.717) is 11.8 Å². The molecule has 1 aliphatic rings. The summed E-state index contributed by atoms with van der Waals surface area (Å²) in [6.45, 7) is 4.68. The summed E-state index contributed by atoms with van der Waals surface area (Å²) in [5.41, 5.74) is 0. The van der Waals surface area contributed by atoms with E-state index >= 15 is 0 Å². The first-order valence-corrected chi connectivity index (χ1v) is 6.93. The maximum Gasteiger partial charge on any atom is 0.233 e. The second-order valence-corrected chi connectivity index (χ2v) is 5.35. The van der Waals surface area contributed by atoms with Gasteiger partial charge in [0.2, 0.25) is 5.91 Å². The van der Waals surface area contributed by atoms with Crippen molar-refractivity contribution in [3.05, 3.63) is 30.3 Å². The van der Waals surface area contributed by atoms with Crippen LogP contribution in [0.4, 0.5) is 0 Å². The topological polar surface area (TPSA) is 32.3 Å². The van der Waals surface area contributed by atoms with Crippen molar-refractivity contribution < 1.29 is 4.79 Å². The van der Waals surface area contributed by atoms with Gasteiger partial charge >= 0.3 is 0 Å². The molecule has 0 spiro atoms. The summed E-state index contributed by atoms with van der Waals surface area (Å²) in [5.74, 6) is 0.781. The van der Waals surface area contributed by atoms with Crippen molar-refractivity contribution in [2.75, 3.05) is 25.4 Å². The van der Waals surface area contributed by atoms with Crippen LogP contribution in [-0.4, -0.2) is 42.2 Å². The first-order valence-electron chi connectivity index (χ1n) is 5.95. The van der Waals surface area contributed by atoms with Gasteiger partial charge in [-0.15, -0.1) is 11.8 Å². The van der Waals surface area contributed by atoms with Crippen molar-refractivity contribution >= 4 is 17.7 Å². The highest BCUT2D eigenvalue weighted by molar-refractivity contribution is 8.00. The predicted octanol–water partition coefficient (Wildman–Crippen LogP) is 1.60. The Morgan fingerprint density at radius 2 is 2.24 bits per heavy atom. The molecule has 1 atom stereocenters. The molecule has 0 aromatic heterocycles. The highest BCUT2D eigenvalue weighted by Crippen LogP contribution is 2.17. The largest absolute Gasteiger partial charge is 0.339 e. The molecule has 0 unspecified atom stereocenters. The molecule has 1 fully saturated rings. The SMILES string of the molecule is C[C@H]1CN(C(=O)CSc2ccccc2)CCN1. The number of benzene rings is 1. The minimum atomic E-state index is 0.243. The molecule has 1 N–H and O–H groups in total. The molecule has 4 heteroatoms. The third-order valence-corrected chi connectivity index (χ3v) is 3.82. The Kier molecular flexibility index (Phi) is 4.45. The van der Waals surface area contributed by atoms with Crippen LogP contribution in [0.2, 0.25) is 0 Å². The van der Waals surface area contributed by atoms with Crippen LogP contribution in [0.5, 0.6) is 0 Å².